The Bertz CT molecular complexity index is 2620. The standard InChI is InChI=1S/C22H22N4O.C22H20N4O/c2*1-12(16-5-4-8-23-11-16)18-9-17(20-13(2)26-27-14(20)3)10-19-21(18)25-22(24-19)15-6-7-15/h4-5,8-12,15H,6-7H2,1-3H3,(H,24,25);4-5,8-11,15H,1,6-7H2,2-3H3,(H,24,25). The van der Waals surface area contributed by atoms with Gasteiger partial charge in [0.15, 0.2) is 0 Å². The highest BCUT2D eigenvalue weighted by Gasteiger charge is 2.29. The normalized spacial score (nSPS) is 14.7. The second-order valence-electron chi connectivity index (χ2n) is 14.8. The lowest BCUT2D eigenvalue weighted by molar-refractivity contribution is 0.393. The second-order valence-corrected chi connectivity index (χ2v) is 14.8. The van der Waals surface area contributed by atoms with Crippen molar-refractivity contribution in [3.05, 3.63) is 137 Å². The third-order valence-corrected chi connectivity index (χ3v) is 10.8. The third kappa shape index (κ3) is 6.21. The van der Waals surface area contributed by atoms with Crippen molar-refractivity contribution < 1.29 is 9.05 Å². The molecule has 1 unspecified atom stereocenters. The monoisotopic (exact) mass is 714 g/mol. The van der Waals surface area contributed by atoms with E-state index >= 15 is 0 Å². The van der Waals surface area contributed by atoms with Crippen molar-refractivity contribution in [2.75, 3.05) is 0 Å². The zero-order valence-corrected chi connectivity index (χ0v) is 31.2. The first-order valence-electron chi connectivity index (χ1n) is 18.7. The maximum absolute atomic E-state index is 5.41. The maximum Gasteiger partial charge on any atom is 0.141 e. The van der Waals surface area contributed by atoms with Crippen LogP contribution in [0.3, 0.4) is 0 Å². The van der Waals surface area contributed by atoms with Crippen LogP contribution in [-0.4, -0.2) is 40.2 Å². The average Bonchev–Trinajstić information content (AvgIpc) is 4.08. The molecule has 2 aromatic carbocycles. The Morgan fingerprint density at radius 3 is 1.80 bits per heavy atom. The molecule has 0 amide bonds. The summed E-state index contributed by atoms with van der Waals surface area (Å²) in [5, 5.41) is 8.25. The van der Waals surface area contributed by atoms with Crippen LogP contribution in [0, 0.1) is 27.7 Å². The summed E-state index contributed by atoms with van der Waals surface area (Å²) in [6.45, 7) is 14.4. The van der Waals surface area contributed by atoms with E-state index in [1.54, 1.807) is 6.20 Å². The van der Waals surface area contributed by atoms with E-state index in [0.717, 1.165) is 95.6 Å². The SMILES string of the molecule is C=C(c1cccnc1)c1cc(-c2c(C)noc2C)cc2[nH]c(C3CC3)nc12.Cc1noc(C)c1-c1cc(C(C)c2cccnc2)c2nc(C3CC3)[nH]c2c1. The minimum atomic E-state index is 0.192. The van der Waals surface area contributed by atoms with Gasteiger partial charge < -0.3 is 19.0 Å². The number of fused-ring (bicyclic) bond motifs is 2. The summed E-state index contributed by atoms with van der Waals surface area (Å²) in [7, 11) is 0. The number of nitrogens with one attached hydrogen (secondary N) is 2. The number of aromatic nitrogens is 8. The van der Waals surface area contributed by atoms with Gasteiger partial charge in [0.05, 0.1) is 33.5 Å². The molecule has 0 aliphatic heterocycles. The van der Waals surface area contributed by atoms with Crippen LogP contribution in [0.2, 0.25) is 0 Å². The Kier molecular flexibility index (Phi) is 8.33. The molecule has 10 rings (SSSR count). The fourth-order valence-electron chi connectivity index (χ4n) is 7.55. The molecule has 6 heterocycles. The summed E-state index contributed by atoms with van der Waals surface area (Å²) < 4.78 is 10.8. The molecule has 0 spiro atoms. The first kappa shape index (κ1) is 33.7. The molecule has 2 N–H and O–H groups in total. The Morgan fingerprint density at radius 2 is 1.28 bits per heavy atom. The topological polar surface area (TPSA) is 135 Å². The van der Waals surface area contributed by atoms with E-state index in [1.807, 2.05) is 64.5 Å². The first-order chi connectivity index (χ1) is 26.2. The van der Waals surface area contributed by atoms with Crippen LogP contribution in [0.1, 0.15) is 107 Å². The third-order valence-electron chi connectivity index (χ3n) is 10.8. The molecule has 0 radical (unpaired) electrons. The molecule has 0 saturated heterocycles. The lowest BCUT2D eigenvalue weighted by Crippen LogP contribution is -1.99. The second kappa shape index (κ2) is 13.4. The van der Waals surface area contributed by atoms with E-state index in [0.29, 0.717) is 11.8 Å². The van der Waals surface area contributed by atoms with Crippen molar-refractivity contribution in [1.82, 2.24) is 40.2 Å². The van der Waals surface area contributed by atoms with Crippen molar-refractivity contribution >= 4 is 27.6 Å². The quantitative estimate of drug-likeness (QED) is 0.159. The number of nitrogens with zero attached hydrogens (tertiary/aromatic N) is 6. The molecule has 2 saturated carbocycles. The van der Waals surface area contributed by atoms with Crippen molar-refractivity contribution in [3.63, 3.8) is 0 Å². The smallest absolute Gasteiger partial charge is 0.141 e. The lowest BCUT2D eigenvalue weighted by Gasteiger charge is -2.14. The van der Waals surface area contributed by atoms with Crippen LogP contribution < -0.4 is 0 Å². The minimum absolute atomic E-state index is 0.192. The summed E-state index contributed by atoms with van der Waals surface area (Å²) in [5.41, 5.74) is 15.5. The summed E-state index contributed by atoms with van der Waals surface area (Å²) in [4.78, 5) is 25.5. The number of pyridine rings is 2. The van der Waals surface area contributed by atoms with Gasteiger partial charge in [-0.1, -0.05) is 35.9 Å². The predicted molar refractivity (Wildman–Crippen MR) is 210 cm³/mol. The van der Waals surface area contributed by atoms with Gasteiger partial charge in [-0.15, -0.1) is 0 Å². The predicted octanol–water partition coefficient (Wildman–Crippen LogP) is 10.4. The number of imidazole rings is 2. The van der Waals surface area contributed by atoms with Gasteiger partial charge in [0.25, 0.3) is 0 Å². The maximum atomic E-state index is 5.41. The molecule has 54 heavy (non-hydrogen) atoms. The van der Waals surface area contributed by atoms with Crippen LogP contribution in [0.15, 0.2) is 88.9 Å². The Morgan fingerprint density at radius 1 is 0.722 bits per heavy atom. The number of aromatic amines is 2. The Hall–Kier alpha value is -6.16. The van der Waals surface area contributed by atoms with Gasteiger partial charge >= 0.3 is 0 Å². The number of H-pyrrole nitrogens is 2. The van der Waals surface area contributed by atoms with Crippen molar-refractivity contribution in [2.45, 2.75) is 78.1 Å². The summed E-state index contributed by atoms with van der Waals surface area (Å²) >= 11 is 0. The molecule has 0 bridgehead atoms. The molecule has 2 aliphatic rings. The molecule has 1 atom stereocenters. The van der Waals surface area contributed by atoms with Crippen LogP contribution in [-0.2, 0) is 0 Å². The molecule has 2 aliphatic carbocycles. The van der Waals surface area contributed by atoms with Crippen LogP contribution in [0.25, 0.3) is 49.9 Å². The molecule has 2 fully saturated rings. The van der Waals surface area contributed by atoms with E-state index in [9.17, 15) is 0 Å². The fourth-order valence-corrected chi connectivity index (χ4v) is 7.55. The van der Waals surface area contributed by atoms with Crippen LogP contribution >= 0.6 is 0 Å². The van der Waals surface area contributed by atoms with Gasteiger partial charge in [-0.25, -0.2) is 9.97 Å². The number of rotatable bonds is 8. The summed E-state index contributed by atoms with van der Waals surface area (Å²) in [6.07, 6.45) is 12.2. The van der Waals surface area contributed by atoms with E-state index in [-0.39, 0.29) is 5.92 Å². The fraction of sp³-hybridized carbons (Fsp3) is 0.273. The van der Waals surface area contributed by atoms with Gasteiger partial charge in [0, 0.05) is 64.8 Å². The highest BCUT2D eigenvalue weighted by molar-refractivity contribution is 5.97. The molecule has 10 nitrogen and oxygen atoms in total. The van der Waals surface area contributed by atoms with Crippen LogP contribution in [0.5, 0.6) is 0 Å². The average molecular weight is 715 g/mol. The van der Waals surface area contributed by atoms with E-state index < -0.39 is 0 Å². The van der Waals surface area contributed by atoms with E-state index in [4.69, 9.17) is 19.0 Å². The molecule has 10 heteroatoms. The number of hydrogen-bond acceptors (Lipinski definition) is 8. The highest BCUT2D eigenvalue weighted by atomic mass is 16.5. The zero-order valence-electron chi connectivity index (χ0n) is 31.2. The van der Waals surface area contributed by atoms with Gasteiger partial charge in [0.1, 0.15) is 23.2 Å². The lowest BCUT2D eigenvalue weighted by atomic mass is 9.90. The Labute approximate surface area is 313 Å². The first-order valence-corrected chi connectivity index (χ1v) is 18.7. The van der Waals surface area contributed by atoms with Gasteiger partial charge in [-0.05, 0) is 118 Å². The number of hydrogen-bond donors (Lipinski definition) is 2. The van der Waals surface area contributed by atoms with Gasteiger partial charge in [-0.3, -0.25) is 9.97 Å². The van der Waals surface area contributed by atoms with Crippen molar-refractivity contribution in [3.8, 4) is 22.3 Å². The molecule has 6 aromatic heterocycles. The van der Waals surface area contributed by atoms with Gasteiger partial charge in [0.2, 0.25) is 0 Å². The summed E-state index contributed by atoms with van der Waals surface area (Å²) in [6, 6.07) is 16.8. The number of benzene rings is 2. The van der Waals surface area contributed by atoms with Crippen molar-refractivity contribution in [1.29, 1.82) is 0 Å². The molecule has 270 valence electrons. The largest absolute Gasteiger partial charge is 0.361 e. The van der Waals surface area contributed by atoms with E-state index in [2.05, 4.69) is 74.1 Å². The van der Waals surface area contributed by atoms with Crippen LogP contribution in [0.4, 0.5) is 0 Å². The number of aryl methyl sites for hydroxylation is 4. The highest BCUT2D eigenvalue weighted by Crippen LogP contribution is 2.43. The minimum Gasteiger partial charge on any atom is -0.361 e. The van der Waals surface area contributed by atoms with E-state index in [1.165, 1.54) is 36.8 Å². The van der Waals surface area contributed by atoms with Gasteiger partial charge in [-0.2, -0.15) is 0 Å². The Balaban J connectivity index is 0.000000142. The molecule has 8 aromatic rings. The molecular weight excluding hydrogens is 673 g/mol. The summed E-state index contributed by atoms with van der Waals surface area (Å²) in [5.74, 6) is 5.17. The molecular formula is C44H42N8O2. The van der Waals surface area contributed by atoms with Crippen molar-refractivity contribution in [2.24, 2.45) is 0 Å². The zero-order chi connectivity index (χ0) is 37.1.